The zero-order chi connectivity index (χ0) is 15.0. The molecule has 0 bridgehead atoms. The van der Waals surface area contributed by atoms with Crippen LogP contribution in [0.3, 0.4) is 0 Å². The Morgan fingerprint density at radius 2 is 2.33 bits per heavy atom. The van der Waals surface area contributed by atoms with Crippen molar-refractivity contribution in [1.29, 1.82) is 0 Å². The fourth-order valence-corrected chi connectivity index (χ4v) is 2.89. The van der Waals surface area contributed by atoms with Gasteiger partial charge in [-0.3, -0.25) is 10.1 Å². The number of amides is 1. The van der Waals surface area contributed by atoms with Gasteiger partial charge in [0.1, 0.15) is 0 Å². The molecule has 1 N–H and O–H groups in total. The molecule has 1 atom stereocenters. The molecule has 7 heteroatoms. The van der Waals surface area contributed by atoms with Gasteiger partial charge in [0, 0.05) is 23.0 Å². The van der Waals surface area contributed by atoms with Crippen LogP contribution in [0.25, 0.3) is 0 Å². The second-order valence-corrected chi connectivity index (χ2v) is 6.22. The van der Waals surface area contributed by atoms with Gasteiger partial charge in [0.2, 0.25) is 0 Å². The maximum Gasteiger partial charge on any atom is 0.339 e. The van der Waals surface area contributed by atoms with Crippen molar-refractivity contribution in [2.45, 2.75) is 18.9 Å². The van der Waals surface area contributed by atoms with Gasteiger partial charge in [-0.15, -0.1) is 11.3 Å². The minimum absolute atomic E-state index is 0.294. The van der Waals surface area contributed by atoms with E-state index in [0.29, 0.717) is 22.1 Å². The Labute approximate surface area is 129 Å². The minimum Gasteiger partial charge on any atom is -0.445 e. The molecule has 108 valence electrons. The van der Waals surface area contributed by atoms with Crippen LogP contribution in [0.1, 0.15) is 22.8 Å². The topological polar surface area (TPSA) is 68.3 Å². The van der Waals surface area contributed by atoms with Crippen molar-refractivity contribution in [1.82, 2.24) is 4.98 Å². The smallest absolute Gasteiger partial charge is 0.339 e. The maximum atomic E-state index is 12.4. The lowest BCUT2D eigenvalue weighted by Crippen LogP contribution is -2.48. The van der Waals surface area contributed by atoms with E-state index in [-0.39, 0.29) is 0 Å². The Kier molecular flexibility index (Phi) is 3.43. The second kappa shape index (κ2) is 5.13. The number of fused-ring (bicyclic) bond motifs is 1. The third-order valence-corrected chi connectivity index (χ3v) is 4.19. The highest BCUT2D eigenvalue weighted by molar-refractivity contribution is 7.13. The molecule has 0 radical (unpaired) electrons. The molecule has 1 amide bonds. The first-order chi connectivity index (χ1) is 9.98. The Bertz CT molecular complexity index is 717. The third kappa shape index (κ3) is 2.64. The summed E-state index contributed by atoms with van der Waals surface area (Å²) in [4.78, 5) is 28.4. The van der Waals surface area contributed by atoms with Gasteiger partial charge in [-0.1, -0.05) is 17.7 Å². The summed E-state index contributed by atoms with van der Waals surface area (Å²) in [6.45, 7) is 1.59. The van der Waals surface area contributed by atoms with Crippen molar-refractivity contribution in [2.75, 3.05) is 5.32 Å². The van der Waals surface area contributed by atoms with Gasteiger partial charge in [-0.2, -0.15) is 0 Å². The highest BCUT2D eigenvalue weighted by Gasteiger charge is 2.43. The number of aromatic nitrogens is 1. The van der Waals surface area contributed by atoms with Gasteiger partial charge in [-0.05, 0) is 24.6 Å². The van der Waals surface area contributed by atoms with Gasteiger partial charge >= 0.3 is 5.97 Å². The van der Waals surface area contributed by atoms with E-state index in [1.54, 1.807) is 36.7 Å². The predicted octanol–water partition coefficient (Wildman–Crippen LogP) is 2.91. The first kappa shape index (κ1) is 14.0. The van der Waals surface area contributed by atoms with Crippen LogP contribution in [0.4, 0.5) is 5.13 Å². The second-order valence-electron chi connectivity index (χ2n) is 4.89. The van der Waals surface area contributed by atoms with Crippen LogP contribution in [0, 0.1) is 0 Å². The van der Waals surface area contributed by atoms with Crippen LogP contribution in [-0.4, -0.2) is 22.5 Å². The normalized spacial score (nSPS) is 20.6. The Hall–Kier alpha value is -1.92. The number of thiazole rings is 1. The maximum absolute atomic E-state index is 12.4. The van der Waals surface area contributed by atoms with Crippen molar-refractivity contribution in [3.8, 4) is 0 Å². The third-order valence-electron chi connectivity index (χ3n) is 3.27. The van der Waals surface area contributed by atoms with Crippen LogP contribution in [0.5, 0.6) is 0 Å². The van der Waals surface area contributed by atoms with Crippen LogP contribution in [0.2, 0.25) is 5.02 Å². The summed E-state index contributed by atoms with van der Waals surface area (Å²) in [5, 5.41) is 5.34. The molecular weight excluding hydrogens is 312 g/mol. The fraction of sp³-hybridized carbons (Fsp3) is 0.214. The standard InChI is InChI=1S/C14H11ClN2O3S/c1-14(12(19)17-13-16-4-5-21-13)7-8-2-3-9(15)6-10(8)11(18)20-14/h2-6H,7H2,1H3,(H,16,17,19)/t14-/m1/s1. The number of benzene rings is 1. The number of esters is 1. The van der Waals surface area contributed by atoms with E-state index in [4.69, 9.17) is 16.3 Å². The van der Waals surface area contributed by atoms with Crippen molar-refractivity contribution in [3.63, 3.8) is 0 Å². The average molecular weight is 323 g/mol. The number of halogens is 1. The first-order valence-electron chi connectivity index (χ1n) is 6.21. The van der Waals surface area contributed by atoms with Crippen molar-refractivity contribution < 1.29 is 14.3 Å². The van der Waals surface area contributed by atoms with E-state index in [2.05, 4.69) is 10.3 Å². The molecule has 0 saturated heterocycles. The van der Waals surface area contributed by atoms with Gasteiger partial charge in [0.05, 0.1) is 5.56 Å². The lowest BCUT2D eigenvalue weighted by Gasteiger charge is -2.32. The number of carbonyl (C=O) groups is 2. The van der Waals surface area contributed by atoms with E-state index in [1.165, 1.54) is 11.3 Å². The van der Waals surface area contributed by atoms with Crippen molar-refractivity contribution in [3.05, 3.63) is 45.9 Å². The molecule has 0 fully saturated rings. The zero-order valence-electron chi connectivity index (χ0n) is 11.1. The van der Waals surface area contributed by atoms with Gasteiger partial charge < -0.3 is 4.74 Å². The zero-order valence-corrected chi connectivity index (χ0v) is 12.6. The molecule has 0 saturated carbocycles. The minimum atomic E-state index is -1.26. The highest BCUT2D eigenvalue weighted by Crippen LogP contribution is 2.31. The molecule has 1 aromatic heterocycles. The lowest BCUT2D eigenvalue weighted by molar-refractivity contribution is -0.134. The number of ether oxygens (including phenoxy) is 1. The summed E-state index contributed by atoms with van der Waals surface area (Å²) in [5.74, 6) is -0.943. The first-order valence-corrected chi connectivity index (χ1v) is 7.46. The Morgan fingerprint density at radius 1 is 1.52 bits per heavy atom. The molecular formula is C14H11ClN2O3S. The van der Waals surface area contributed by atoms with E-state index >= 15 is 0 Å². The Morgan fingerprint density at radius 3 is 3.05 bits per heavy atom. The van der Waals surface area contributed by atoms with E-state index in [1.807, 2.05) is 0 Å². The number of cyclic esters (lactones) is 1. The van der Waals surface area contributed by atoms with Gasteiger partial charge in [0.15, 0.2) is 10.7 Å². The molecule has 3 rings (SSSR count). The van der Waals surface area contributed by atoms with E-state index in [9.17, 15) is 9.59 Å². The molecule has 2 heterocycles. The number of anilines is 1. The lowest BCUT2D eigenvalue weighted by atomic mass is 9.89. The number of nitrogens with zero attached hydrogens (tertiary/aromatic N) is 1. The molecule has 0 aliphatic carbocycles. The number of hydrogen-bond donors (Lipinski definition) is 1. The van der Waals surface area contributed by atoms with Crippen LogP contribution >= 0.6 is 22.9 Å². The summed E-state index contributed by atoms with van der Waals surface area (Å²) in [7, 11) is 0. The van der Waals surface area contributed by atoms with E-state index < -0.39 is 17.5 Å². The SMILES string of the molecule is C[C@]1(C(=O)Nc2nccs2)Cc2ccc(Cl)cc2C(=O)O1. The van der Waals surface area contributed by atoms with Crippen LogP contribution in [-0.2, 0) is 16.0 Å². The van der Waals surface area contributed by atoms with Crippen molar-refractivity contribution >= 4 is 39.9 Å². The molecule has 1 aliphatic rings. The molecule has 1 aliphatic heterocycles. The summed E-state index contributed by atoms with van der Waals surface area (Å²) in [5.41, 5.74) is -0.113. The molecule has 0 unspecified atom stereocenters. The molecule has 1 aromatic carbocycles. The average Bonchev–Trinajstić information content (AvgIpc) is 2.92. The molecule has 21 heavy (non-hydrogen) atoms. The van der Waals surface area contributed by atoms with Crippen LogP contribution < -0.4 is 5.32 Å². The number of rotatable bonds is 2. The summed E-state index contributed by atoms with van der Waals surface area (Å²) >= 11 is 7.18. The molecule has 2 aromatic rings. The summed E-state index contributed by atoms with van der Waals surface area (Å²) in [6.07, 6.45) is 1.88. The largest absolute Gasteiger partial charge is 0.445 e. The quantitative estimate of drug-likeness (QED) is 0.863. The Balaban J connectivity index is 1.88. The van der Waals surface area contributed by atoms with Gasteiger partial charge in [-0.25, -0.2) is 9.78 Å². The number of carbonyl (C=O) groups excluding carboxylic acids is 2. The molecule has 5 nitrogen and oxygen atoms in total. The van der Waals surface area contributed by atoms with E-state index in [0.717, 1.165) is 5.56 Å². The highest BCUT2D eigenvalue weighted by atomic mass is 35.5. The van der Waals surface area contributed by atoms with Crippen molar-refractivity contribution in [2.24, 2.45) is 0 Å². The monoisotopic (exact) mass is 322 g/mol. The van der Waals surface area contributed by atoms with Gasteiger partial charge in [0.25, 0.3) is 5.91 Å². The predicted molar refractivity (Wildman–Crippen MR) is 79.7 cm³/mol. The molecule has 0 spiro atoms. The number of hydrogen-bond acceptors (Lipinski definition) is 5. The van der Waals surface area contributed by atoms with Crippen LogP contribution in [0.15, 0.2) is 29.8 Å². The summed E-state index contributed by atoms with van der Waals surface area (Å²) < 4.78 is 5.33. The summed E-state index contributed by atoms with van der Waals surface area (Å²) in [6, 6.07) is 4.99. The fourth-order valence-electron chi connectivity index (χ4n) is 2.19. The number of nitrogens with one attached hydrogen (secondary N) is 1.